The predicted molar refractivity (Wildman–Crippen MR) is 82.9 cm³/mol. The van der Waals surface area contributed by atoms with E-state index in [-0.39, 0.29) is 0 Å². The highest BCUT2D eigenvalue weighted by molar-refractivity contribution is 5.54. The van der Waals surface area contributed by atoms with Gasteiger partial charge in [0.15, 0.2) is 5.82 Å². The van der Waals surface area contributed by atoms with E-state index >= 15 is 0 Å². The van der Waals surface area contributed by atoms with Crippen molar-refractivity contribution in [1.82, 2.24) is 15.0 Å². The molecule has 2 fully saturated rings. The van der Waals surface area contributed by atoms with Crippen LogP contribution in [0.25, 0.3) is 11.5 Å². The van der Waals surface area contributed by atoms with Crippen molar-refractivity contribution >= 4 is 0 Å². The third-order valence-electron chi connectivity index (χ3n) is 4.74. The van der Waals surface area contributed by atoms with Gasteiger partial charge in [-0.15, -0.1) is 0 Å². The number of aromatic nitrogens is 2. The first-order valence-corrected chi connectivity index (χ1v) is 8.05. The van der Waals surface area contributed by atoms with E-state index in [9.17, 15) is 0 Å². The van der Waals surface area contributed by atoms with Crippen molar-refractivity contribution in [3.05, 3.63) is 30.1 Å². The highest BCUT2D eigenvalue weighted by atomic mass is 16.5. The van der Waals surface area contributed by atoms with Crippen LogP contribution in [0.15, 0.2) is 28.8 Å². The van der Waals surface area contributed by atoms with E-state index in [2.05, 4.69) is 15.0 Å². The summed E-state index contributed by atoms with van der Waals surface area (Å²) >= 11 is 0. The first-order chi connectivity index (χ1) is 10.8. The van der Waals surface area contributed by atoms with Crippen molar-refractivity contribution in [1.29, 1.82) is 0 Å². The second-order valence-corrected chi connectivity index (χ2v) is 6.23. The fourth-order valence-corrected chi connectivity index (χ4v) is 3.21. The first-order valence-electron chi connectivity index (χ1n) is 8.05. The molecule has 1 aromatic heterocycles. The highest BCUT2D eigenvalue weighted by Crippen LogP contribution is 2.34. The van der Waals surface area contributed by atoms with Crippen LogP contribution in [0.1, 0.15) is 37.4 Å². The van der Waals surface area contributed by atoms with Gasteiger partial charge in [0.05, 0.1) is 7.11 Å². The summed E-state index contributed by atoms with van der Waals surface area (Å²) in [7, 11) is 1.66. The van der Waals surface area contributed by atoms with Crippen LogP contribution in [0.3, 0.4) is 0 Å². The number of rotatable bonds is 4. The van der Waals surface area contributed by atoms with Crippen molar-refractivity contribution in [2.45, 2.75) is 37.6 Å². The number of methoxy groups -OCH3 is 1. The summed E-state index contributed by atoms with van der Waals surface area (Å²) < 4.78 is 10.6. The summed E-state index contributed by atoms with van der Waals surface area (Å²) in [5, 5.41) is 4.21. The lowest BCUT2D eigenvalue weighted by Crippen LogP contribution is -2.34. The van der Waals surface area contributed by atoms with Crippen molar-refractivity contribution < 1.29 is 9.26 Å². The number of piperidine rings is 1. The quantitative estimate of drug-likeness (QED) is 0.868. The van der Waals surface area contributed by atoms with Crippen LogP contribution in [0.2, 0.25) is 0 Å². The number of nitrogens with zero attached hydrogens (tertiary/aromatic N) is 3. The molecule has 0 radical (unpaired) electrons. The maximum atomic E-state index is 5.45. The maximum absolute atomic E-state index is 5.45. The van der Waals surface area contributed by atoms with Crippen LogP contribution in [-0.2, 0) is 0 Å². The summed E-state index contributed by atoms with van der Waals surface area (Å²) in [6, 6.07) is 8.58. The molecular weight excluding hydrogens is 278 g/mol. The van der Waals surface area contributed by atoms with Gasteiger partial charge in [0.1, 0.15) is 5.75 Å². The van der Waals surface area contributed by atoms with Gasteiger partial charge in [-0.2, -0.15) is 4.98 Å². The zero-order valence-corrected chi connectivity index (χ0v) is 12.9. The van der Waals surface area contributed by atoms with E-state index < -0.39 is 0 Å². The molecule has 5 heteroatoms. The minimum Gasteiger partial charge on any atom is -0.497 e. The number of hydrogen-bond acceptors (Lipinski definition) is 5. The third-order valence-corrected chi connectivity index (χ3v) is 4.74. The van der Waals surface area contributed by atoms with Crippen LogP contribution < -0.4 is 4.74 Å². The maximum Gasteiger partial charge on any atom is 0.257 e. The van der Waals surface area contributed by atoms with Gasteiger partial charge in [0.2, 0.25) is 0 Å². The second kappa shape index (κ2) is 5.72. The van der Waals surface area contributed by atoms with Crippen molar-refractivity contribution in [2.75, 3.05) is 20.2 Å². The van der Waals surface area contributed by atoms with E-state index in [0.717, 1.165) is 36.0 Å². The molecule has 0 unspecified atom stereocenters. The normalized spacial score (nSPS) is 20.2. The fourth-order valence-electron chi connectivity index (χ4n) is 3.21. The van der Waals surface area contributed by atoms with Crippen LogP contribution in [0, 0.1) is 0 Å². The Bertz CT molecular complexity index is 626. The minimum atomic E-state index is 0.436. The summed E-state index contributed by atoms with van der Waals surface area (Å²) in [5.74, 6) is 2.73. The Hall–Kier alpha value is -1.88. The zero-order valence-electron chi connectivity index (χ0n) is 12.9. The Morgan fingerprint density at radius 3 is 2.45 bits per heavy atom. The molecule has 1 saturated heterocycles. The molecule has 1 aliphatic carbocycles. The van der Waals surface area contributed by atoms with Crippen LogP contribution in [-0.4, -0.2) is 41.3 Å². The SMILES string of the molecule is COc1ccc(-c2nc(C3CCN(C4CC4)CC3)no2)cc1. The second-order valence-electron chi connectivity index (χ2n) is 6.23. The summed E-state index contributed by atoms with van der Waals surface area (Å²) in [5.41, 5.74) is 0.940. The van der Waals surface area contributed by atoms with Crippen molar-refractivity contribution in [3.8, 4) is 17.2 Å². The Morgan fingerprint density at radius 2 is 1.82 bits per heavy atom. The molecule has 2 aromatic rings. The van der Waals surface area contributed by atoms with E-state index in [0.29, 0.717) is 11.8 Å². The number of benzene rings is 1. The smallest absolute Gasteiger partial charge is 0.257 e. The largest absolute Gasteiger partial charge is 0.497 e. The molecule has 22 heavy (non-hydrogen) atoms. The average Bonchev–Trinajstić information content (AvgIpc) is 3.32. The van der Waals surface area contributed by atoms with Gasteiger partial charge >= 0.3 is 0 Å². The van der Waals surface area contributed by atoms with Gasteiger partial charge in [-0.3, -0.25) is 0 Å². The predicted octanol–water partition coefficient (Wildman–Crippen LogP) is 3.09. The number of hydrogen-bond donors (Lipinski definition) is 0. The molecule has 1 aromatic carbocycles. The van der Waals surface area contributed by atoms with Gasteiger partial charge < -0.3 is 14.2 Å². The van der Waals surface area contributed by atoms with Gasteiger partial charge in [-0.1, -0.05) is 5.16 Å². The lowest BCUT2D eigenvalue weighted by molar-refractivity contribution is 0.199. The molecule has 116 valence electrons. The van der Waals surface area contributed by atoms with Gasteiger partial charge in [-0.05, 0) is 63.0 Å². The molecule has 2 aliphatic rings. The fraction of sp³-hybridized carbons (Fsp3) is 0.529. The van der Waals surface area contributed by atoms with E-state index in [1.807, 2.05) is 24.3 Å². The Balaban J connectivity index is 1.44. The van der Waals surface area contributed by atoms with E-state index in [4.69, 9.17) is 9.26 Å². The molecule has 1 aliphatic heterocycles. The summed E-state index contributed by atoms with van der Waals surface area (Å²) in [6.45, 7) is 2.34. The average molecular weight is 299 g/mol. The van der Waals surface area contributed by atoms with E-state index in [1.165, 1.54) is 25.9 Å². The third kappa shape index (κ3) is 2.73. The molecule has 0 N–H and O–H groups in total. The molecule has 1 saturated carbocycles. The highest BCUT2D eigenvalue weighted by Gasteiger charge is 2.33. The summed E-state index contributed by atoms with van der Waals surface area (Å²) in [4.78, 5) is 7.22. The molecule has 0 bridgehead atoms. The Morgan fingerprint density at radius 1 is 1.09 bits per heavy atom. The Kier molecular flexibility index (Phi) is 3.58. The molecule has 5 nitrogen and oxygen atoms in total. The molecule has 4 rings (SSSR count). The standard InChI is InChI=1S/C17H21N3O2/c1-21-15-6-2-13(3-7-15)17-18-16(19-22-17)12-8-10-20(11-9-12)14-4-5-14/h2-3,6-7,12,14H,4-5,8-11H2,1H3. The number of likely N-dealkylation sites (tertiary alicyclic amines) is 1. The molecular formula is C17H21N3O2. The van der Waals surface area contributed by atoms with E-state index in [1.54, 1.807) is 7.11 Å². The lowest BCUT2D eigenvalue weighted by atomic mass is 9.96. The zero-order chi connectivity index (χ0) is 14.9. The Labute approximate surface area is 130 Å². The van der Waals surface area contributed by atoms with Crippen molar-refractivity contribution in [2.24, 2.45) is 0 Å². The van der Waals surface area contributed by atoms with Crippen molar-refractivity contribution in [3.63, 3.8) is 0 Å². The number of ether oxygens (including phenoxy) is 1. The molecule has 2 heterocycles. The van der Waals surface area contributed by atoms with Crippen LogP contribution >= 0.6 is 0 Å². The minimum absolute atomic E-state index is 0.436. The topological polar surface area (TPSA) is 51.4 Å². The molecule has 0 atom stereocenters. The lowest BCUT2D eigenvalue weighted by Gasteiger charge is -2.30. The van der Waals surface area contributed by atoms with Gasteiger partial charge in [0, 0.05) is 17.5 Å². The van der Waals surface area contributed by atoms with Gasteiger partial charge in [-0.25, -0.2) is 0 Å². The monoisotopic (exact) mass is 299 g/mol. The molecule has 0 amide bonds. The van der Waals surface area contributed by atoms with Crippen LogP contribution in [0.5, 0.6) is 5.75 Å². The molecule has 0 spiro atoms. The van der Waals surface area contributed by atoms with Crippen LogP contribution in [0.4, 0.5) is 0 Å². The summed E-state index contributed by atoms with van der Waals surface area (Å²) in [6.07, 6.45) is 5.04. The first kappa shape index (κ1) is 13.8. The van der Waals surface area contributed by atoms with Gasteiger partial charge in [0.25, 0.3) is 5.89 Å².